The van der Waals surface area contributed by atoms with Crippen LogP contribution in [0.3, 0.4) is 0 Å². The van der Waals surface area contributed by atoms with E-state index in [0.29, 0.717) is 41.7 Å². The lowest BCUT2D eigenvalue weighted by atomic mass is 9.89. The van der Waals surface area contributed by atoms with Gasteiger partial charge in [0, 0.05) is 11.6 Å². The Morgan fingerprint density at radius 1 is 1.09 bits per heavy atom. The Hall–Kier alpha value is -5.05. The summed E-state index contributed by atoms with van der Waals surface area (Å²) in [5.41, 5.74) is 6.29. The number of hydrogen-bond donors (Lipinski definition) is 3. The minimum absolute atomic E-state index is 0.00576. The van der Waals surface area contributed by atoms with Gasteiger partial charge in [0.05, 0.1) is 29.8 Å². The normalized spacial score (nSPS) is 18.8. The molecule has 2 aliphatic carbocycles. The Labute approximate surface area is 252 Å². The Morgan fingerprint density at radius 3 is 2.58 bits per heavy atom. The maximum absolute atomic E-state index is 15.2. The molecule has 15 heteroatoms. The lowest BCUT2D eigenvalue weighted by molar-refractivity contribution is -0.165. The molecule has 0 radical (unpaired) electrons. The van der Waals surface area contributed by atoms with Crippen LogP contribution in [0, 0.1) is 5.82 Å². The van der Waals surface area contributed by atoms with Crippen molar-refractivity contribution >= 4 is 34.4 Å². The summed E-state index contributed by atoms with van der Waals surface area (Å²) in [5.74, 6) is -1.21. The molecule has 11 nitrogen and oxygen atoms in total. The van der Waals surface area contributed by atoms with Crippen molar-refractivity contribution in [3.63, 3.8) is 0 Å². The fourth-order valence-corrected chi connectivity index (χ4v) is 5.50. The third-order valence-corrected chi connectivity index (χ3v) is 8.27. The highest BCUT2D eigenvalue weighted by Gasteiger charge is 2.67. The first-order chi connectivity index (χ1) is 21.6. The van der Waals surface area contributed by atoms with Crippen LogP contribution in [0.2, 0.25) is 0 Å². The van der Waals surface area contributed by atoms with Crippen LogP contribution in [0.25, 0.3) is 22.3 Å². The van der Waals surface area contributed by atoms with Crippen molar-refractivity contribution in [2.75, 3.05) is 16.4 Å². The van der Waals surface area contributed by atoms with Crippen molar-refractivity contribution < 1.29 is 31.6 Å². The molecule has 0 atom stereocenters. The number of amides is 2. The maximum Gasteiger partial charge on any atom is 0.401 e. The third kappa shape index (κ3) is 5.32. The van der Waals surface area contributed by atoms with E-state index < -0.39 is 23.4 Å². The van der Waals surface area contributed by atoms with Gasteiger partial charge >= 0.3 is 12.2 Å². The summed E-state index contributed by atoms with van der Waals surface area (Å²) in [6.45, 7) is 0.508. The molecule has 232 valence electrons. The predicted octanol–water partition coefficient (Wildman–Crippen LogP) is 6.36. The SMILES string of the molecule is Nc1ncnc2c1c(-c1ccc(NC(=O)Nc3cc(C4(C(F)(F)F)CC4)on3)c(F)c1)nn2C1CC(OCc2ccccc2)C1. The van der Waals surface area contributed by atoms with Gasteiger partial charge in [-0.2, -0.15) is 18.3 Å². The van der Waals surface area contributed by atoms with Gasteiger partial charge in [0.2, 0.25) is 0 Å². The van der Waals surface area contributed by atoms with E-state index in [9.17, 15) is 18.0 Å². The highest BCUT2D eigenvalue weighted by atomic mass is 19.4. The number of rotatable bonds is 8. The fraction of sp³-hybridized carbons (Fsp3) is 0.300. The van der Waals surface area contributed by atoms with Gasteiger partial charge in [-0.3, -0.25) is 5.32 Å². The predicted molar refractivity (Wildman–Crippen MR) is 155 cm³/mol. The van der Waals surface area contributed by atoms with E-state index in [1.165, 1.54) is 18.5 Å². The Morgan fingerprint density at radius 2 is 1.87 bits per heavy atom. The number of carbonyl (C=O) groups is 1. The highest BCUT2D eigenvalue weighted by Crippen LogP contribution is 2.59. The first-order valence-corrected chi connectivity index (χ1v) is 14.2. The number of anilines is 3. The number of nitrogens with two attached hydrogens (primary N) is 1. The molecular formula is C30H26F4N8O3. The monoisotopic (exact) mass is 622 g/mol. The van der Waals surface area contributed by atoms with Gasteiger partial charge in [-0.25, -0.2) is 23.8 Å². The van der Waals surface area contributed by atoms with Gasteiger partial charge in [-0.05, 0) is 43.4 Å². The van der Waals surface area contributed by atoms with Gasteiger partial charge in [0.1, 0.15) is 29.1 Å². The standard InChI is InChI=1S/C30H26F4N8O3/c31-20-10-17(6-7-21(20)38-28(43)39-23-13-22(45-41-23)29(8-9-29)30(32,33)34)25-24-26(35)36-15-37-27(24)42(40-25)18-11-19(12-18)44-14-16-4-2-1-3-5-16/h1-7,10,13,15,18-19H,8-9,11-12,14H2,(H2,35,36,37)(H2,38,39,41,43). The zero-order valence-corrected chi connectivity index (χ0v) is 23.5. The van der Waals surface area contributed by atoms with E-state index >= 15 is 4.39 Å². The van der Waals surface area contributed by atoms with Crippen LogP contribution in [0.15, 0.2) is 65.4 Å². The number of benzene rings is 2. The summed E-state index contributed by atoms with van der Waals surface area (Å²) in [7, 11) is 0. The fourth-order valence-electron chi connectivity index (χ4n) is 5.50. The van der Waals surface area contributed by atoms with E-state index in [1.54, 1.807) is 10.7 Å². The average Bonchev–Trinajstić information content (AvgIpc) is 3.55. The third-order valence-electron chi connectivity index (χ3n) is 8.27. The number of nitrogens with zero attached hydrogens (tertiary/aromatic N) is 5. The summed E-state index contributed by atoms with van der Waals surface area (Å²) >= 11 is 0. The number of carbonyl (C=O) groups excluding carboxylic acids is 1. The lowest BCUT2D eigenvalue weighted by Crippen LogP contribution is -2.34. The van der Waals surface area contributed by atoms with E-state index in [4.69, 9.17) is 20.1 Å². The summed E-state index contributed by atoms with van der Waals surface area (Å²) in [4.78, 5) is 21.0. The van der Waals surface area contributed by atoms with Crippen LogP contribution in [0.1, 0.15) is 43.0 Å². The van der Waals surface area contributed by atoms with E-state index in [2.05, 4.69) is 25.8 Å². The largest absolute Gasteiger partial charge is 0.401 e. The molecule has 0 aliphatic heterocycles. The molecule has 3 aromatic heterocycles. The summed E-state index contributed by atoms with van der Waals surface area (Å²) in [6, 6.07) is 14.1. The molecular weight excluding hydrogens is 596 g/mol. The van der Waals surface area contributed by atoms with E-state index in [-0.39, 0.29) is 48.1 Å². The van der Waals surface area contributed by atoms with Gasteiger partial charge in [0.15, 0.2) is 17.2 Å². The molecule has 0 bridgehead atoms. The quantitative estimate of drug-likeness (QED) is 0.170. The maximum atomic E-state index is 15.2. The summed E-state index contributed by atoms with van der Waals surface area (Å²) < 4.78 is 67.9. The average molecular weight is 623 g/mol. The Bertz CT molecular complexity index is 1880. The molecule has 2 aromatic carbocycles. The van der Waals surface area contributed by atoms with Crippen LogP contribution < -0.4 is 16.4 Å². The number of alkyl halides is 3. The summed E-state index contributed by atoms with van der Waals surface area (Å²) in [5, 5.41) is 13.3. The second-order valence-corrected chi connectivity index (χ2v) is 11.2. The van der Waals surface area contributed by atoms with E-state index in [1.807, 2.05) is 30.3 Å². The topological polar surface area (TPSA) is 146 Å². The van der Waals surface area contributed by atoms with Crippen molar-refractivity contribution in [2.45, 2.75) is 56.0 Å². The molecule has 4 N–H and O–H groups in total. The van der Waals surface area contributed by atoms with Crippen LogP contribution in [-0.2, 0) is 16.8 Å². The van der Waals surface area contributed by atoms with Crippen molar-refractivity contribution in [3.8, 4) is 11.3 Å². The number of halogens is 4. The van der Waals surface area contributed by atoms with Gasteiger partial charge in [0.25, 0.3) is 0 Å². The van der Waals surface area contributed by atoms with Crippen molar-refractivity contribution in [1.29, 1.82) is 0 Å². The van der Waals surface area contributed by atoms with Crippen LogP contribution >= 0.6 is 0 Å². The molecule has 0 spiro atoms. The molecule has 2 saturated carbocycles. The number of urea groups is 1. The Balaban J connectivity index is 1.05. The van der Waals surface area contributed by atoms with Gasteiger partial charge in [-0.1, -0.05) is 41.6 Å². The van der Waals surface area contributed by atoms with E-state index in [0.717, 1.165) is 11.6 Å². The minimum atomic E-state index is -4.49. The van der Waals surface area contributed by atoms with Crippen LogP contribution in [-0.4, -0.2) is 43.2 Å². The number of nitrogen functional groups attached to an aromatic ring is 1. The number of ether oxygens (including phenoxy) is 1. The molecule has 45 heavy (non-hydrogen) atoms. The number of hydrogen-bond acceptors (Lipinski definition) is 8. The van der Waals surface area contributed by atoms with Crippen molar-refractivity contribution in [3.05, 3.63) is 78.1 Å². The van der Waals surface area contributed by atoms with Crippen molar-refractivity contribution in [1.82, 2.24) is 24.9 Å². The van der Waals surface area contributed by atoms with Crippen LogP contribution in [0.4, 0.5) is 39.7 Å². The number of fused-ring (bicyclic) bond motifs is 1. The van der Waals surface area contributed by atoms with Crippen molar-refractivity contribution in [2.24, 2.45) is 0 Å². The first kappa shape index (κ1) is 28.7. The molecule has 5 aromatic rings. The second kappa shape index (κ2) is 10.8. The molecule has 2 aliphatic rings. The molecule has 0 unspecified atom stereocenters. The van der Waals surface area contributed by atoms with Gasteiger partial charge in [-0.15, -0.1) is 0 Å². The summed E-state index contributed by atoms with van der Waals surface area (Å²) in [6.07, 6.45) is -1.91. The Kier molecular flexibility index (Phi) is 6.91. The molecule has 7 rings (SSSR count). The zero-order valence-electron chi connectivity index (χ0n) is 23.5. The first-order valence-electron chi connectivity index (χ1n) is 14.2. The minimum Gasteiger partial charge on any atom is -0.383 e. The number of aromatic nitrogens is 5. The second-order valence-electron chi connectivity index (χ2n) is 11.2. The van der Waals surface area contributed by atoms with Gasteiger partial charge < -0.3 is 20.3 Å². The molecule has 0 saturated heterocycles. The molecule has 2 fully saturated rings. The zero-order chi connectivity index (χ0) is 31.3. The number of nitrogens with one attached hydrogen (secondary N) is 2. The molecule has 3 heterocycles. The van der Waals surface area contributed by atoms with Crippen LogP contribution in [0.5, 0.6) is 0 Å². The highest BCUT2D eigenvalue weighted by molar-refractivity contribution is 6.00. The lowest BCUT2D eigenvalue weighted by Gasteiger charge is -2.35. The smallest absolute Gasteiger partial charge is 0.383 e. The molecule has 2 amide bonds.